The standard InChI is InChI=1S/C31H25F3N6O2/c1-2-21-24(33)5-4-18-8-20(41)9-22(25(18)21)27-26(34)28-23(12-36-27)29(39-13-17(11-35)14-39)38-30(37-28)42-16-31-6-3-7-40(31)15-19(32)10-31/h1,4-5,8-9,12,17,19,41H,3,6-7,10,13-16H2/t19-,31+/m1/s1. The van der Waals surface area contributed by atoms with E-state index in [0.29, 0.717) is 42.6 Å². The summed E-state index contributed by atoms with van der Waals surface area (Å²) >= 11 is 0. The zero-order chi connectivity index (χ0) is 29.2. The van der Waals surface area contributed by atoms with Crippen molar-refractivity contribution < 1.29 is 23.0 Å². The monoisotopic (exact) mass is 570 g/mol. The van der Waals surface area contributed by atoms with Crippen molar-refractivity contribution >= 4 is 27.5 Å². The number of hydrogen-bond acceptors (Lipinski definition) is 8. The molecule has 11 heteroatoms. The second-order valence-electron chi connectivity index (χ2n) is 11.3. The van der Waals surface area contributed by atoms with Crippen LogP contribution in [0.3, 0.4) is 0 Å². The lowest BCUT2D eigenvalue weighted by Crippen LogP contribution is -2.46. The van der Waals surface area contributed by atoms with Crippen LogP contribution in [-0.4, -0.2) is 69.5 Å². The van der Waals surface area contributed by atoms with Crippen LogP contribution in [-0.2, 0) is 0 Å². The summed E-state index contributed by atoms with van der Waals surface area (Å²) in [5, 5.41) is 20.7. The summed E-state index contributed by atoms with van der Waals surface area (Å²) in [6, 6.07) is 7.48. The van der Waals surface area contributed by atoms with Gasteiger partial charge in [-0.25, -0.2) is 13.2 Å². The summed E-state index contributed by atoms with van der Waals surface area (Å²) in [6.45, 7) is 2.10. The van der Waals surface area contributed by atoms with E-state index < -0.39 is 23.3 Å². The predicted molar refractivity (Wildman–Crippen MR) is 150 cm³/mol. The van der Waals surface area contributed by atoms with E-state index in [4.69, 9.17) is 11.2 Å². The highest BCUT2D eigenvalue weighted by Crippen LogP contribution is 2.42. The van der Waals surface area contributed by atoms with Crippen LogP contribution >= 0.6 is 0 Å². The molecular formula is C31H25F3N6O2. The summed E-state index contributed by atoms with van der Waals surface area (Å²) in [6.07, 6.45) is 8.17. The maximum atomic E-state index is 16.5. The zero-order valence-corrected chi connectivity index (χ0v) is 22.4. The van der Waals surface area contributed by atoms with Gasteiger partial charge in [-0.05, 0) is 43.0 Å². The van der Waals surface area contributed by atoms with Crippen molar-refractivity contribution in [3.8, 4) is 41.4 Å². The van der Waals surface area contributed by atoms with E-state index in [-0.39, 0.29) is 52.0 Å². The Morgan fingerprint density at radius 1 is 1.19 bits per heavy atom. The number of halogens is 3. The number of aromatic hydroxyl groups is 1. The van der Waals surface area contributed by atoms with Crippen molar-refractivity contribution in [2.24, 2.45) is 5.92 Å². The number of phenols is 1. The van der Waals surface area contributed by atoms with Crippen LogP contribution in [0.15, 0.2) is 30.5 Å². The molecule has 212 valence electrons. The first kappa shape index (κ1) is 26.3. The second kappa shape index (κ2) is 9.74. The van der Waals surface area contributed by atoms with E-state index >= 15 is 4.39 Å². The normalized spacial score (nSPS) is 22.2. The average molecular weight is 571 g/mol. The Kier molecular flexibility index (Phi) is 6.10. The number of nitriles is 1. The molecule has 2 atom stereocenters. The molecule has 3 aliphatic heterocycles. The number of nitrogens with zero attached hydrogens (tertiary/aromatic N) is 6. The molecule has 1 N–H and O–H groups in total. The largest absolute Gasteiger partial charge is 0.508 e. The summed E-state index contributed by atoms with van der Waals surface area (Å²) in [4.78, 5) is 17.3. The van der Waals surface area contributed by atoms with Crippen molar-refractivity contribution in [2.45, 2.75) is 31.0 Å². The summed E-state index contributed by atoms with van der Waals surface area (Å²) in [5.74, 6) is 0.835. The van der Waals surface area contributed by atoms with Gasteiger partial charge < -0.3 is 14.7 Å². The first-order valence-corrected chi connectivity index (χ1v) is 13.7. The minimum Gasteiger partial charge on any atom is -0.508 e. The maximum absolute atomic E-state index is 16.5. The molecule has 2 aromatic carbocycles. The van der Waals surface area contributed by atoms with E-state index in [1.54, 1.807) is 0 Å². The number of benzene rings is 2. The van der Waals surface area contributed by atoms with Gasteiger partial charge in [0.15, 0.2) is 5.82 Å². The van der Waals surface area contributed by atoms with Crippen molar-refractivity contribution in [3.63, 3.8) is 0 Å². The van der Waals surface area contributed by atoms with E-state index in [1.165, 1.54) is 30.5 Å². The molecule has 7 rings (SSSR count). The number of alkyl halides is 1. The number of fused-ring (bicyclic) bond motifs is 3. The molecule has 42 heavy (non-hydrogen) atoms. The Balaban J connectivity index is 1.37. The van der Waals surface area contributed by atoms with Gasteiger partial charge in [-0.1, -0.05) is 12.0 Å². The fourth-order valence-electron chi connectivity index (χ4n) is 6.65. The van der Waals surface area contributed by atoms with Crippen LogP contribution < -0.4 is 9.64 Å². The minimum atomic E-state index is -0.938. The number of pyridine rings is 1. The first-order valence-electron chi connectivity index (χ1n) is 13.7. The predicted octanol–water partition coefficient (Wildman–Crippen LogP) is 4.73. The number of terminal acetylenes is 1. The Hall–Kier alpha value is -4.61. The fraction of sp³-hybridized carbons (Fsp3) is 0.355. The van der Waals surface area contributed by atoms with Gasteiger partial charge in [0.25, 0.3) is 0 Å². The number of anilines is 1. The van der Waals surface area contributed by atoms with Gasteiger partial charge in [0.05, 0.1) is 28.5 Å². The molecule has 3 fully saturated rings. The van der Waals surface area contributed by atoms with E-state index in [2.05, 4.69) is 31.8 Å². The molecule has 0 bridgehead atoms. The van der Waals surface area contributed by atoms with Crippen molar-refractivity contribution in [1.82, 2.24) is 19.9 Å². The van der Waals surface area contributed by atoms with Crippen LogP contribution in [0.5, 0.6) is 11.8 Å². The van der Waals surface area contributed by atoms with Gasteiger partial charge in [-0.15, -0.1) is 6.42 Å². The van der Waals surface area contributed by atoms with Crippen molar-refractivity contribution in [1.29, 1.82) is 5.26 Å². The van der Waals surface area contributed by atoms with Gasteiger partial charge in [0, 0.05) is 43.2 Å². The summed E-state index contributed by atoms with van der Waals surface area (Å²) in [5.41, 5.74) is -0.711. The van der Waals surface area contributed by atoms with Crippen LogP contribution in [0.2, 0.25) is 0 Å². The Labute approximate surface area is 239 Å². The van der Waals surface area contributed by atoms with Crippen LogP contribution in [0.25, 0.3) is 32.9 Å². The SMILES string of the molecule is C#Cc1c(F)ccc2cc(O)cc(-c3ncc4c(N5CC(C#N)C5)nc(OC[C@@]56CCCN5C[C@H](F)C6)nc4c3F)c12. The smallest absolute Gasteiger partial charge is 0.319 e. The molecule has 8 nitrogen and oxygen atoms in total. The molecule has 0 saturated carbocycles. The summed E-state index contributed by atoms with van der Waals surface area (Å²) < 4.78 is 51.6. The van der Waals surface area contributed by atoms with Gasteiger partial charge in [0.2, 0.25) is 0 Å². The number of phenolic OH excluding ortho intramolecular Hbond substituents is 1. The topological polar surface area (TPSA) is 98.4 Å². The third-order valence-corrected chi connectivity index (χ3v) is 8.69. The van der Waals surface area contributed by atoms with Crippen LogP contribution in [0.1, 0.15) is 24.8 Å². The molecule has 0 unspecified atom stereocenters. The molecular weight excluding hydrogens is 545 g/mol. The fourth-order valence-corrected chi connectivity index (χ4v) is 6.65. The maximum Gasteiger partial charge on any atom is 0.319 e. The third-order valence-electron chi connectivity index (χ3n) is 8.69. The lowest BCUT2D eigenvalue weighted by molar-refractivity contribution is 0.107. The molecule has 0 radical (unpaired) electrons. The molecule has 2 aromatic heterocycles. The Morgan fingerprint density at radius 3 is 2.81 bits per heavy atom. The van der Waals surface area contributed by atoms with Crippen molar-refractivity contribution in [2.75, 3.05) is 37.7 Å². The highest BCUT2D eigenvalue weighted by Gasteiger charge is 2.49. The number of aromatic nitrogens is 3. The second-order valence-corrected chi connectivity index (χ2v) is 11.3. The first-order chi connectivity index (χ1) is 20.3. The molecule has 3 saturated heterocycles. The number of ether oxygens (including phenoxy) is 1. The third kappa shape index (κ3) is 4.07. The molecule has 3 aliphatic rings. The Morgan fingerprint density at radius 2 is 2.02 bits per heavy atom. The van der Waals surface area contributed by atoms with Gasteiger partial charge >= 0.3 is 6.01 Å². The molecule has 5 heterocycles. The Bertz CT molecular complexity index is 1850. The molecule has 0 spiro atoms. The van der Waals surface area contributed by atoms with Gasteiger partial charge in [0.1, 0.15) is 41.4 Å². The molecule has 0 aliphatic carbocycles. The minimum absolute atomic E-state index is 0.0754. The van der Waals surface area contributed by atoms with Gasteiger partial charge in [-0.2, -0.15) is 15.2 Å². The van der Waals surface area contributed by atoms with E-state index in [9.17, 15) is 19.1 Å². The lowest BCUT2D eigenvalue weighted by atomic mass is 9.95. The van der Waals surface area contributed by atoms with E-state index in [1.807, 2.05) is 4.90 Å². The number of rotatable bonds is 5. The highest BCUT2D eigenvalue weighted by molar-refractivity contribution is 6.03. The number of hydrogen-bond donors (Lipinski definition) is 1. The van der Waals surface area contributed by atoms with E-state index in [0.717, 1.165) is 19.4 Å². The highest BCUT2D eigenvalue weighted by atomic mass is 19.1. The summed E-state index contributed by atoms with van der Waals surface area (Å²) in [7, 11) is 0. The van der Waals surface area contributed by atoms with Gasteiger partial charge in [-0.3, -0.25) is 9.88 Å². The lowest BCUT2D eigenvalue weighted by Gasteiger charge is -2.37. The van der Waals surface area contributed by atoms with Crippen molar-refractivity contribution in [3.05, 3.63) is 47.7 Å². The average Bonchev–Trinajstić information content (AvgIpc) is 3.47. The molecule has 0 amide bonds. The van der Waals surface area contributed by atoms with Crippen LogP contribution in [0.4, 0.5) is 19.0 Å². The zero-order valence-electron chi connectivity index (χ0n) is 22.4. The van der Waals surface area contributed by atoms with Crippen LogP contribution in [0, 0.1) is 41.2 Å². The molecule has 4 aromatic rings. The quantitative estimate of drug-likeness (QED) is 0.344.